The molecule has 0 heterocycles. The molecule has 1 fully saturated rings. The van der Waals surface area contributed by atoms with Gasteiger partial charge in [-0.05, 0) is 29.9 Å². The molecular formula is C18H22N2O. The van der Waals surface area contributed by atoms with Crippen LogP contribution in [0, 0.1) is 23.2 Å². The van der Waals surface area contributed by atoms with Gasteiger partial charge in [-0.25, -0.2) is 0 Å². The molecule has 3 nitrogen and oxygen atoms in total. The van der Waals surface area contributed by atoms with E-state index in [1.54, 1.807) is 6.08 Å². The van der Waals surface area contributed by atoms with Crippen molar-refractivity contribution in [2.75, 3.05) is 0 Å². The number of nitrogens with zero attached hydrogens (tertiary/aromatic N) is 1. The Morgan fingerprint density at radius 1 is 1.29 bits per heavy atom. The third kappa shape index (κ3) is 3.95. The van der Waals surface area contributed by atoms with Gasteiger partial charge in [0.05, 0.1) is 0 Å². The Morgan fingerprint density at radius 3 is 2.67 bits per heavy atom. The maximum absolute atomic E-state index is 12.3. The smallest absolute Gasteiger partial charge is 0.262 e. The van der Waals surface area contributed by atoms with Gasteiger partial charge in [0.1, 0.15) is 11.6 Å². The van der Waals surface area contributed by atoms with E-state index in [0.717, 1.165) is 18.4 Å². The summed E-state index contributed by atoms with van der Waals surface area (Å²) in [6, 6.07) is 11.7. The second-order valence-corrected chi connectivity index (χ2v) is 5.93. The third-order valence-electron chi connectivity index (χ3n) is 4.50. The maximum atomic E-state index is 12.3. The number of nitriles is 1. The average molecular weight is 282 g/mol. The highest BCUT2D eigenvalue weighted by Gasteiger charge is 2.28. The van der Waals surface area contributed by atoms with Gasteiger partial charge in [0.15, 0.2) is 0 Å². The molecule has 2 rings (SSSR count). The van der Waals surface area contributed by atoms with E-state index in [9.17, 15) is 10.1 Å². The fourth-order valence-electron chi connectivity index (χ4n) is 2.90. The van der Waals surface area contributed by atoms with Crippen LogP contribution in [0.5, 0.6) is 0 Å². The van der Waals surface area contributed by atoms with Crippen LogP contribution in [0.2, 0.25) is 0 Å². The Kier molecular flexibility index (Phi) is 5.16. The summed E-state index contributed by atoms with van der Waals surface area (Å²) in [5, 5.41) is 12.3. The summed E-state index contributed by atoms with van der Waals surface area (Å²) >= 11 is 0. The van der Waals surface area contributed by atoms with E-state index in [1.165, 1.54) is 6.42 Å². The number of carbonyl (C=O) groups is 1. The van der Waals surface area contributed by atoms with Crippen LogP contribution in [-0.2, 0) is 4.79 Å². The monoisotopic (exact) mass is 282 g/mol. The van der Waals surface area contributed by atoms with Gasteiger partial charge in [-0.1, -0.05) is 57.0 Å². The van der Waals surface area contributed by atoms with Crippen molar-refractivity contribution >= 4 is 12.0 Å². The lowest BCUT2D eigenvalue weighted by molar-refractivity contribution is -0.118. The molecule has 1 N–H and O–H groups in total. The van der Waals surface area contributed by atoms with Crippen molar-refractivity contribution in [2.45, 2.75) is 39.2 Å². The second-order valence-electron chi connectivity index (χ2n) is 5.93. The Bertz CT molecular complexity index is 556. The van der Waals surface area contributed by atoms with Crippen LogP contribution >= 0.6 is 0 Å². The summed E-state index contributed by atoms with van der Waals surface area (Å²) < 4.78 is 0. The van der Waals surface area contributed by atoms with Crippen LogP contribution in [0.25, 0.3) is 6.08 Å². The number of carbonyl (C=O) groups excluding carboxylic acids is 1. The Hall–Kier alpha value is -2.08. The van der Waals surface area contributed by atoms with Crippen LogP contribution in [0.15, 0.2) is 35.9 Å². The zero-order chi connectivity index (χ0) is 15.2. The molecule has 0 bridgehead atoms. The minimum absolute atomic E-state index is 0.173. The summed E-state index contributed by atoms with van der Waals surface area (Å²) in [4.78, 5) is 12.3. The molecule has 1 aliphatic carbocycles. The Balaban J connectivity index is 2.07. The topological polar surface area (TPSA) is 52.9 Å². The van der Waals surface area contributed by atoms with Gasteiger partial charge in [-0.15, -0.1) is 0 Å². The van der Waals surface area contributed by atoms with Gasteiger partial charge in [0, 0.05) is 6.04 Å². The van der Waals surface area contributed by atoms with Gasteiger partial charge in [-0.2, -0.15) is 5.26 Å². The first-order valence-corrected chi connectivity index (χ1v) is 7.59. The molecule has 1 aromatic carbocycles. The van der Waals surface area contributed by atoms with E-state index >= 15 is 0 Å². The molecule has 0 spiro atoms. The summed E-state index contributed by atoms with van der Waals surface area (Å²) in [7, 11) is 0. The van der Waals surface area contributed by atoms with Crippen molar-refractivity contribution in [3.63, 3.8) is 0 Å². The van der Waals surface area contributed by atoms with E-state index in [-0.39, 0.29) is 17.5 Å². The quantitative estimate of drug-likeness (QED) is 0.681. The lowest BCUT2D eigenvalue weighted by atomic mass is 9.78. The van der Waals surface area contributed by atoms with Crippen LogP contribution in [0.3, 0.4) is 0 Å². The zero-order valence-electron chi connectivity index (χ0n) is 12.7. The molecule has 0 aromatic heterocycles. The van der Waals surface area contributed by atoms with Crippen molar-refractivity contribution in [2.24, 2.45) is 11.8 Å². The summed E-state index contributed by atoms with van der Waals surface area (Å²) in [6.07, 6.45) is 5.01. The van der Waals surface area contributed by atoms with Gasteiger partial charge in [-0.3, -0.25) is 4.79 Å². The lowest BCUT2D eigenvalue weighted by Gasteiger charge is -2.34. The summed E-state index contributed by atoms with van der Waals surface area (Å²) in [5.74, 6) is 0.819. The molecular weight excluding hydrogens is 260 g/mol. The van der Waals surface area contributed by atoms with Gasteiger partial charge in [0.2, 0.25) is 0 Å². The SMILES string of the molecule is C[C@@H]1[C@H](C)CCC[C@@H]1NC(=O)/C(C#N)=C/c1ccccc1. The first-order chi connectivity index (χ1) is 10.1. The van der Waals surface area contributed by atoms with E-state index in [0.29, 0.717) is 11.8 Å². The number of benzene rings is 1. The van der Waals surface area contributed by atoms with Crippen LogP contribution < -0.4 is 5.32 Å². The highest BCUT2D eigenvalue weighted by Crippen LogP contribution is 2.29. The number of rotatable bonds is 3. The highest BCUT2D eigenvalue weighted by molar-refractivity contribution is 6.01. The molecule has 0 radical (unpaired) electrons. The normalized spacial score (nSPS) is 26.0. The molecule has 0 aliphatic heterocycles. The van der Waals surface area contributed by atoms with Crippen molar-refractivity contribution in [3.05, 3.63) is 41.5 Å². The van der Waals surface area contributed by atoms with Crippen LogP contribution in [0.4, 0.5) is 0 Å². The first-order valence-electron chi connectivity index (χ1n) is 7.59. The van der Waals surface area contributed by atoms with Crippen molar-refractivity contribution in [1.29, 1.82) is 5.26 Å². The Morgan fingerprint density at radius 2 is 2.00 bits per heavy atom. The predicted molar refractivity (Wildman–Crippen MR) is 84.1 cm³/mol. The van der Waals surface area contributed by atoms with E-state index in [4.69, 9.17) is 0 Å². The van der Waals surface area contributed by atoms with E-state index in [2.05, 4.69) is 19.2 Å². The average Bonchev–Trinajstić information content (AvgIpc) is 2.50. The van der Waals surface area contributed by atoms with Crippen LogP contribution in [0.1, 0.15) is 38.7 Å². The number of nitrogens with one attached hydrogen (secondary N) is 1. The first kappa shape index (κ1) is 15.3. The van der Waals surface area contributed by atoms with Crippen molar-refractivity contribution in [3.8, 4) is 6.07 Å². The van der Waals surface area contributed by atoms with Crippen molar-refractivity contribution in [1.82, 2.24) is 5.32 Å². The molecule has 0 unspecified atom stereocenters. The molecule has 0 saturated heterocycles. The fourth-order valence-corrected chi connectivity index (χ4v) is 2.90. The maximum Gasteiger partial charge on any atom is 0.262 e. The van der Waals surface area contributed by atoms with Gasteiger partial charge in [0.25, 0.3) is 5.91 Å². The molecule has 21 heavy (non-hydrogen) atoms. The molecule has 1 aromatic rings. The minimum Gasteiger partial charge on any atom is -0.348 e. The second kappa shape index (κ2) is 7.08. The molecule has 3 atom stereocenters. The molecule has 1 aliphatic rings. The van der Waals surface area contributed by atoms with Crippen LogP contribution in [-0.4, -0.2) is 11.9 Å². The third-order valence-corrected chi connectivity index (χ3v) is 4.50. The zero-order valence-corrected chi connectivity index (χ0v) is 12.7. The van der Waals surface area contributed by atoms with E-state index < -0.39 is 0 Å². The standard InChI is InChI=1S/C18H22N2O/c1-13-7-6-10-17(14(13)2)20-18(21)16(12-19)11-15-8-4-3-5-9-15/h3-5,8-9,11,13-14,17H,6-7,10H2,1-2H3,(H,20,21)/b16-11+/t13-,14-,17+/m1/s1. The van der Waals surface area contributed by atoms with Gasteiger partial charge < -0.3 is 5.32 Å². The lowest BCUT2D eigenvalue weighted by Crippen LogP contribution is -2.44. The molecule has 1 amide bonds. The number of amides is 1. The highest BCUT2D eigenvalue weighted by atomic mass is 16.1. The Labute approximate surface area is 126 Å². The van der Waals surface area contributed by atoms with E-state index in [1.807, 2.05) is 36.4 Å². The molecule has 110 valence electrons. The number of hydrogen-bond acceptors (Lipinski definition) is 2. The minimum atomic E-state index is -0.257. The number of hydrogen-bond donors (Lipinski definition) is 1. The fraction of sp³-hybridized carbons (Fsp3) is 0.444. The largest absolute Gasteiger partial charge is 0.348 e. The summed E-state index contributed by atoms with van der Waals surface area (Å²) in [5.41, 5.74) is 1.04. The molecule has 3 heteroatoms. The summed E-state index contributed by atoms with van der Waals surface area (Å²) in [6.45, 7) is 4.41. The van der Waals surface area contributed by atoms with Gasteiger partial charge >= 0.3 is 0 Å². The molecule has 1 saturated carbocycles. The predicted octanol–water partition coefficient (Wildman–Crippen LogP) is 3.53. The van der Waals surface area contributed by atoms with Crippen molar-refractivity contribution < 1.29 is 4.79 Å².